The lowest BCUT2D eigenvalue weighted by Gasteiger charge is -2.40. The molecule has 2 amide bonds. The molecule has 100 valence electrons. The van der Waals surface area contributed by atoms with Gasteiger partial charge in [0, 0.05) is 27.9 Å². The average molecular weight is 290 g/mol. The van der Waals surface area contributed by atoms with E-state index in [0.29, 0.717) is 0 Å². The van der Waals surface area contributed by atoms with Crippen LogP contribution in [0.3, 0.4) is 0 Å². The van der Waals surface area contributed by atoms with Crippen molar-refractivity contribution in [2.24, 2.45) is 0 Å². The lowest BCUT2D eigenvalue weighted by molar-refractivity contribution is -0.182. The second-order valence-corrected chi connectivity index (χ2v) is 4.97. The smallest absolute Gasteiger partial charge is 0.288 e. The molecule has 1 saturated heterocycles. The zero-order valence-corrected chi connectivity index (χ0v) is 12.1. The molecular weight excluding hydrogens is 276 g/mol. The highest BCUT2D eigenvalue weighted by Crippen LogP contribution is 2.18. The third-order valence-electron chi connectivity index (χ3n) is 2.38. The maximum Gasteiger partial charge on any atom is 0.288 e. The summed E-state index contributed by atoms with van der Waals surface area (Å²) < 4.78 is 10.3. The van der Waals surface area contributed by atoms with Gasteiger partial charge in [0.05, 0.1) is 0 Å². The summed E-state index contributed by atoms with van der Waals surface area (Å²) in [5, 5.41) is 0.374. The number of carbonyl (C=O) groups is 2. The van der Waals surface area contributed by atoms with Crippen LogP contribution in [0.1, 0.15) is 13.8 Å². The predicted octanol–water partition coefficient (Wildman–Crippen LogP) is 0.297. The van der Waals surface area contributed by atoms with Crippen molar-refractivity contribution in [1.82, 2.24) is 9.80 Å². The van der Waals surface area contributed by atoms with Gasteiger partial charge < -0.3 is 9.47 Å². The number of thiocarbonyl (C=S) groups is 2. The normalized spacial score (nSPS) is 24.0. The zero-order valence-electron chi connectivity index (χ0n) is 10.5. The van der Waals surface area contributed by atoms with Crippen molar-refractivity contribution < 1.29 is 19.1 Å². The quantitative estimate of drug-likeness (QED) is 0.682. The van der Waals surface area contributed by atoms with Gasteiger partial charge in [-0.1, -0.05) is 0 Å². The van der Waals surface area contributed by atoms with E-state index in [4.69, 9.17) is 33.9 Å². The number of amides is 2. The van der Waals surface area contributed by atoms with Crippen LogP contribution in [-0.2, 0) is 19.1 Å². The molecule has 0 unspecified atom stereocenters. The van der Waals surface area contributed by atoms with Crippen LogP contribution in [0.15, 0.2) is 0 Å². The molecule has 0 aromatic rings. The van der Waals surface area contributed by atoms with Crippen molar-refractivity contribution in [1.29, 1.82) is 0 Å². The largest absolute Gasteiger partial charge is 0.455 e. The average Bonchev–Trinajstić information content (AvgIpc) is 2.27. The Morgan fingerprint density at radius 2 is 1.22 bits per heavy atom. The van der Waals surface area contributed by atoms with Gasteiger partial charge in [0.15, 0.2) is 10.1 Å². The van der Waals surface area contributed by atoms with Crippen LogP contribution in [0.2, 0.25) is 0 Å². The molecular formula is C10H14N2O4S2. The maximum absolute atomic E-state index is 12.0. The fraction of sp³-hybridized carbons (Fsp3) is 0.600. The molecule has 0 aliphatic carbocycles. The highest BCUT2D eigenvalue weighted by atomic mass is 32.1. The lowest BCUT2D eigenvalue weighted by atomic mass is 10.2. The van der Waals surface area contributed by atoms with Crippen molar-refractivity contribution in [3.8, 4) is 0 Å². The van der Waals surface area contributed by atoms with Crippen LogP contribution in [-0.4, -0.2) is 58.3 Å². The minimum atomic E-state index is -1.05. The van der Waals surface area contributed by atoms with Gasteiger partial charge in [0.1, 0.15) is 0 Å². The summed E-state index contributed by atoms with van der Waals surface area (Å²) in [4.78, 5) is 26.4. The van der Waals surface area contributed by atoms with Gasteiger partial charge >= 0.3 is 0 Å². The Balaban J connectivity index is 2.95. The monoisotopic (exact) mass is 290 g/mol. The number of nitrogens with zero attached hydrogens (tertiary/aromatic N) is 2. The molecule has 0 N–H and O–H groups in total. The molecule has 1 heterocycles. The van der Waals surface area contributed by atoms with Crippen LogP contribution in [0.5, 0.6) is 0 Å². The van der Waals surface area contributed by atoms with Crippen LogP contribution < -0.4 is 0 Å². The lowest BCUT2D eigenvalue weighted by Crippen LogP contribution is -2.64. The van der Waals surface area contributed by atoms with E-state index in [2.05, 4.69) is 0 Å². The van der Waals surface area contributed by atoms with Gasteiger partial charge in [0.2, 0.25) is 0 Å². The first-order chi connectivity index (χ1) is 8.25. The summed E-state index contributed by atoms with van der Waals surface area (Å²) in [5.41, 5.74) is 0. The molecule has 0 bridgehead atoms. The Morgan fingerprint density at radius 3 is 1.44 bits per heavy atom. The van der Waals surface area contributed by atoms with Crippen molar-refractivity contribution >= 4 is 46.4 Å². The Hall–Kier alpha value is -1.28. The van der Waals surface area contributed by atoms with Crippen LogP contribution in [0.4, 0.5) is 0 Å². The first-order valence-corrected chi connectivity index (χ1v) is 5.95. The number of hydrogen-bond acceptors (Lipinski definition) is 6. The second kappa shape index (κ2) is 5.57. The first kappa shape index (κ1) is 14.8. The van der Waals surface area contributed by atoms with Gasteiger partial charge in [-0.05, 0) is 24.4 Å². The van der Waals surface area contributed by atoms with Crippen LogP contribution in [0, 0.1) is 0 Å². The summed E-state index contributed by atoms with van der Waals surface area (Å²) in [6.45, 7) is 3.06. The third kappa shape index (κ3) is 2.94. The molecule has 1 rings (SSSR count). The molecule has 1 fully saturated rings. The van der Waals surface area contributed by atoms with Gasteiger partial charge in [-0.3, -0.25) is 19.4 Å². The Bertz CT molecular complexity index is 375. The molecule has 8 heteroatoms. The van der Waals surface area contributed by atoms with E-state index in [1.54, 1.807) is 0 Å². The standard InChI is InChI=1S/C10H14N2O4S2/c1-5(17)15-9-7(13)12(4)10(16-6(2)18)8(14)11(9)3/h9-10H,1-4H3/t9-,10-/m1/s1. The molecule has 6 nitrogen and oxygen atoms in total. The molecule has 0 radical (unpaired) electrons. The van der Waals surface area contributed by atoms with Crippen molar-refractivity contribution in [3.05, 3.63) is 0 Å². The van der Waals surface area contributed by atoms with Crippen LogP contribution in [0.25, 0.3) is 0 Å². The number of hydrogen-bond donors (Lipinski definition) is 0. The van der Waals surface area contributed by atoms with E-state index in [1.807, 2.05) is 0 Å². The molecule has 0 aromatic heterocycles. The van der Waals surface area contributed by atoms with Gasteiger partial charge in [-0.2, -0.15) is 0 Å². The van der Waals surface area contributed by atoms with E-state index < -0.39 is 24.3 Å². The number of likely N-dealkylation sites (N-methyl/N-ethyl adjacent to an activating group) is 2. The molecule has 18 heavy (non-hydrogen) atoms. The van der Waals surface area contributed by atoms with Gasteiger partial charge in [-0.15, -0.1) is 0 Å². The molecule has 2 atom stereocenters. The fourth-order valence-corrected chi connectivity index (χ4v) is 1.67. The van der Waals surface area contributed by atoms with Crippen molar-refractivity contribution in [2.75, 3.05) is 14.1 Å². The molecule has 0 saturated carbocycles. The number of ether oxygens (including phenoxy) is 2. The molecule has 1 aliphatic heterocycles. The molecule has 0 spiro atoms. The van der Waals surface area contributed by atoms with E-state index in [9.17, 15) is 9.59 Å². The predicted molar refractivity (Wildman–Crippen MR) is 71.8 cm³/mol. The molecule has 0 aromatic carbocycles. The van der Waals surface area contributed by atoms with Crippen molar-refractivity contribution in [3.63, 3.8) is 0 Å². The highest BCUT2D eigenvalue weighted by Gasteiger charge is 2.45. The van der Waals surface area contributed by atoms with Crippen molar-refractivity contribution in [2.45, 2.75) is 26.3 Å². The fourth-order valence-electron chi connectivity index (χ4n) is 1.48. The minimum absolute atomic E-state index is 0.187. The number of piperazine rings is 1. The Labute approximate surface area is 116 Å². The second-order valence-electron chi connectivity index (χ2n) is 3.82. The number of rotatable bonds is 2. The van der Waals surface area contributed by atoms with E-state index in [1.165, 1.54) is 27.9 Å². The SMILES string of the molecule is CC(=S)O[C@@H]1C(=O)N(C)[C@H](OC(C)=S)C(=O)N1C. The van der Waals surface area contributed by atoms with Gasteiger partial charge in [0.25, 0.3) is 24.3 Å². The summed E-state index contributed by atoms with van der Waals surface area (Å²) in [7, 11) is 2.90. The first-order valence-electron chi connectivity index (χ1n) is 5.13. The Morgan fingerprint density at radius 1 is 0.944 bits per heavy atom. The summed E-state index contributed by atoms with van der Waals surface area (Å²) in [6, 6.07) is 0. The highest BCUT2D eigenvalue weighted by molar-refractivity contribution is 7.80. The van der Waals surface area contributed by atoms with E-state index in [0.717, 1.165) is 9.80 Å². The summed E-state index contributed by atoms with van der Waals surface area (Å²) in [5.74, 6) is -0.829. The van der Waals surface area contributed by atoms with Gasteiger partial charge in [-0.25, -0.2) is 0 Å². The van der Waals surface area contributed by atoms with E-state index >= 15 is 0 Å². The Kier molecular flexibility index (Phi) is 4.58. The third-order valence-corrected chi connectivity index (χ3v) is 2.57. The maximum atomic E-state index is 12.0. The topological polar surface area (TPSA) is 59.1 Å². The summed E-state index contributed by atoms with van der Waals surface area (Å²) >= 11 is 9.55. The van der Waals surface area contributed by atoms with Crippen LogP contribution >= 0.6 is 24.4 Å². The number of carbonyl (C=O) groups excluding carboxylic acids is 2. The minimum Gasteiger partial charge on any atom is -0.455 e. The van der Waals surface area contributed by atoms with E-state index in [-0.39, 0.29) is 10.1 Å². The zero-order chi connectivity index (χ0) is 14.0. The summed E-state index contributed by atoms with van der Waals surface area (Å²) in [6.07, 6.45) is -2.10. The molecule has 1 aliphatic rings.